The highest BCUT2D eigenvalue weighted by molar-refractivity contribution is 5.89. The molecular weight excluding hydrogens is 350 g/mol. The van der Waals surface area contributed by atoms with Crippen molar-refractivity contribution in [2.45, 2.75) is 43.1 Å². The zero-order valence-corrected chi connectivity index (χ0v) is 13.4. The first-order valence-electron chi connectivity index (χ1n) is 8.25. The number of nitrogen functional groups attached to an aromatic ring is 1. The summed E-state index contributed by atoms with van der Waals surface area (Å²) < 4.78 is 27.8. The number of amides is 1. The summed E-state index contributed by atoms with van der Waals surface area (Å²) >= 11 is 0. The van der Waals surface area contributed by atoms with E-state index in [-0.39, 0.29) is 5.82 Å². The van der Waals surface area contributed by atoms with E-state index in [0.29, 0.717) is 17.6 Å². The number of halogens is 2. The molecule has 2 aromatic heterocycles. The van der Waals surface area contributed by atoms with Crippen LogP contribution in [0.15, 0.2) is 12.7 Å². The number of rotatable bonds is 3. The molecule has 3 aliphatic rings. The van der Waals surface area contributed by atoms with Gasteiger partial charge in [0.25, 0.3) is 5.92 Å². The molecule has 5 rings (SSSR count). The van der Waals surface area contributed by atoms with Crippen LogP contribution in [0.5, 0.6) is 0 Å². The molecular formula is C15H16F2N6O3. The maximum Gasteiger partial charge on any atom is 0.270 e. The summed E-state index contributed by atoms with van der Waals surface area (Å²) in [6, 6.07) is -1.86. The number of nitrogens with one attached hydrogen (secondary N) is 1. The number of aliphatic hydroxyl groups excluding tert-OH is 2. The molecule has 0 radical (unpaired) electrons. The topological polar surface area (TPSA) is 139 Å². The first-order valence-corrected chi connectivity index (χ1v) is 8.25. The number of fused-ring (bicyclic) bond motifs is 2. The van der Waals surface area contributed by atoms with E-state index >= 15 is 0 Å². The predicted octanol–water partition coefficient (Wildman–Crippen LogP) is -0.785. The number of hydrogen-bond acceptors (Lipinski definition) is 7. The van der Waals surface area contributed by atoms with Gasteiger partial charge in [-0.15, -0.1) is 0 Å². The van der Waals surface area contributed by atoms with Crippen molar-refractivity contribution >= 4 is 22.9 Å². The fraction of sp³-hybridized carbons (Fsp3) is 0.600. The van der Waals surface area contributed by atoms with Crippen LogP contribution in [0.2, 0.25) is 0 Å². The summed E-state index contributed by atoms with van der Waals surface area (Å²) in [6.45, 7) is 0. The number of nitrogens with two attached hydrogens (primary N) is 1. The third-order valence-electron chi connectivity index (χ3n) is 5.93. The normalized spacial score (nSPS) is 39.6. The Kier molecular flexibility index (Phi) is 2.83. The van der Waals surface area contributed by atoms with Crippen molar-refractivity contribution in [3.63, 3.8) is 0 Å². The zero-order valence-electron chi connectivity index (χ0n) is 13.4. The van der Waals surface area contributed by atoms with Gasteiger partial charge >= 0.3 is 0 Å². The highest BCUT2D eigenvalue weighted by atomic mass is 19.3. The van der Waals surface area contributed by atoms with Crippen LogP contribution in [-0.2, 0) is 4.79 Å². The molecule has 0 aliphatic heterocycles. The van der Waals surface area contributed by atoms with Gasteiger partial charge in [-0.25, -0.2) is 23.7 Å². The van der Waals surface area contributed by atoms with Crippen LogP contribution in [0.3, 0.4) is 0 Å². The van der Waals surface area contributed by atoms with Crippen LogP contribution in [0.25, 0.3) is 11.2 Å². The van der Waals surface area contributed by atoms with E-state index in [1.165, 1.54) is 12.7 Å². The highest BCUT2D eigenvalue weighted by Gasteiger charge is 2.76. The summed E-state index contributed by atoms with van der Waals surface area (Å²) in [6.07, 6.45) is -0.0355. The second-order valence-corrected chi connectivity index (χ2v) is 7.35. The summed E-state index contributed by atoms with van der Waals surface area (Å²) in [5, 5.41) is 23.3. The molecule has 3 fully saturated rings. The van der Waals surface area contributed by atoms with Crippen molar-refractivity contribution in [2.24, 2.45) is 11.3 Å². The van der Waals surface area contributed by atoms with E-state index in [9.17, 15) is 23.8 Å². The molecule has 138 valence electrons. The quantitative estimate of drug-likeness (QED) is 0.558. The Bertz CT molecular complexity index is 935. The van der Waals surface area contributed by atoms with Crippen molar-refractivity contribution in [3.05, 3.63) is 12.7 Å². The molecule has 26 heavy (non-hydrogen) atoms. The van der Waals surface area contributed by atoms with Crippen molar-refractivity contribution in [2.75, 3.05) is 5.73 Å². The SMILES string of the molecule is Nc1ncnc2c1ncn2[C@H]1[C@H](O)[C@H](O)[C@]2(C(=O)NC3CC3(F)F)C[C@H]12. The molecule has 0 saturated heterocycles. The highest BCUT2D eigenvalue weighted by Crippen LogP contribution is 2.68. The first-order chi connectivity index (χ1) is 12.3. The number of hydrogen-bond donors (Lipinski definition) is 4. The average Bonchev–Trinajstić information content (AvgIpc) is 3.37. The van der Waals surface area contributed by atoms with E-state index < -0.39 is 53.9 Å². The molecule has 3 aliphatic carbocycles. The molecule has 9 nitrogen and oxygen atoms in total. The van der Waals surface area contributed by atoms with E-state index in [1.54, 1.807) is 4.57 Å². The largest absolute Gasteiger partial charge is 0.389 e. The Labute approximate surface area is 145 Å². The summed E-state index contributed by atoms with van der Waals surface area (Å²) in [5.74, 6) is -3.77. The smallest absolute Gasteiger partial charge is 0.270 e. The summed E-state index contributed by atoms with van der Waals surface area (Å²) in [5.41, 5.74) is 5.23. The Morgan fingerprint density at radius 1 is 1.31 bits per heavy atom. The lowest BCUT2D eigenvalue weighted by Crippen LogP contribution is -2.44. The summed E-state index contributed by atoms with van der Waals surface area (Å²) in [7, 11) is 0. The minimum atomic E-state index is -2.90. The van der Waals surface area contributed by atoms with Crippen LogP contribution >= 0.6 is 0 Å². The number of aliphatic hydroxyl groups is 2. The molecule has 6 atom stereocenters. The van der Waals surface area contributed by atoms with Gasteiger partial charge in [-0.2, -0.15) is 0 Å². The van der Waals surface area contributed by atoms with Crippen LogP contribution in [0, 0.1) is 11.3 Å². The third kappa shape index (κ3) is 1.84. The molecule has 0 spiro atoms. The Morgan fingerprint density at radius 3 is 2.73 bits per heavy atom. The molecule has 2 heterocycles. The molecule has 0 aromatic carbocycles. The second kappa shape index (κ2) is 4.65. The maximum atomic E-state index is 13.1. The fourth-order valence-electron chi connectivity index (χ4n) is 4.30. The number of imidazole rings is 1. The van der Waals surface area contributed by atoms with Gasteiger partial charge in [-0.05, 0) is 6.42 Å². The van der Waals surface area contributed by atoms with Gasteiger partial charge < -0.3 is 25.8 Å². The van der Waals surface area contributed by atoms with E-state index in [0.717, 1.165) is 0 Å². The molecule has 0 bridgehead atoms. The Hall–Kier alpha value is -2.40. The van der Waals surface area contributed by atoms with E-state index in [4.69, 9.17) is 5.73 Å². The van der Waals surface area contributed by atoms with Gasteiger partial charge in [0.15, 0.2) is 11.5 Å². The van der Waals surface area contributed by atoms with Gasteiger partial charge in [0.1, 0.15) is 17.9 Å². The van der Waals surface area contributed by atoms with Crippen molar-refractivity contribution in [1.29, 1.82) is 0 Å². The van der Waals surface area contributed by atoms with Gasteiger partial charge in [-0.3, -0.25) is 4.79 Å². The molecule has 5 N–H and O–H groups in total. The van der Waals surface area contributed by atoms with Crippen molar-refractivity contribution < 1.29 is 23.8 Å². The lowest BCUT2D eigenvalue weighted by Gasteiger charge is -2.23. The lowest BCUT2D eigenvalue weighted by atomic mass is 9.98. The monoisotopic (exact) mass is 366 g/mol. The average molecular weight is 366 g/mol. The summed E-state index contributed by atoms with van der Waals surface area (Å²) in [4.78, 5) is 24.7. The maximum absolute atomic E-state index is 13.1. The zero-order chi connectivity index (χ0) is 18.4. The van der Waals surface area contributed by atoms with Crippen LogP contribution < -0.4 is 11.1 Å². The fourth-order valence-corrected chi connectivity index (χ4v) is 4.30. The molecule has 3 saturated carbocycles. The number of carbonyl (C=O) groups is 1. The van der Waals surface area contributed by atoms with E-state index in [1.807, 2.05) is 0 Å². The standard InChI is InChI=1S/C15H16F2N6O3/c16-15(17)2-6(15)22-13(26)14-1-5(14)8(9(24)10(14)25)23-4-21-7-11(18)19-3-20-12(7)23/h3-6,8-10,24-25H,1-2H2,(H,22,26)(H2,18,19,20)/t5-,6?,8-,9+,10+,14+/m1/s1. The molecule has 2 aromatic rings. The van der Waals surface area contributed by atoms with Crippen molar-refractivity contribution in [3.8, 4) is 0 Å². The number of nitrogens with zero attached hydrogens (tertiary/aromatic N) is 4. The van der Waals surface area contributed by atoms with Crippen molar-refractivity contribution in [1.82, 2.24) is 24.8 Å². The van der Waals surface area contributed by atoms with Crippen LogP contribution in [0.4, 0.5) is 14.6 Å². The minimum Gasteiger partial charge on any atom is -0.389 e. The Balaban J connectivity index is 1.47. The number of carbonyl (C=O) groups excluding carboxylic acids is 1. The van der Waals surface area contributed by atoms with Gasteiger partial charge in [-0.1, -0.05) is 0 Å². The number of aromatic nitrogens is 4. The molecule has 11 heteroatoms. The van der Waals surface area contributed by atoms with Gasteiger partial charge in [0, 0.05) is 12.3 Å². The first kappa shape index (κ1) is 15.8. The Morgan fingerprint density at radius 2 is 2.04 bits per heavy atom. The van der Waals surface area contributed by atoms with E-state index in [2.05, 4.69) is 20.3 Å². The molecule has 1 amide bonds. The number of alkyl halides is 2. The van der Waals surface area contributed by atoms with Crippen LogP contribution in [0.1, 0.15) is 18.9 Å². The van der Waals surface area contributed by atoms with Gasteiger partial charge in [0.2, 0.25) is 5.91 Å². The minimum absolute atomic E-state index is 0.178. The van der Waals surface area contributed by atoms with Gasteiger partial charge in [0.05, 0.1) is 29.9 Å². The second-order valence-electron chi connectivity index (χ2n) is 7.35. The third-order valence-corrected chi connectivity index (χ3v) is 5.93. The lowest BCUT2D eigenvalue weighted by molar-refractivity contribution is -0.133. The van der Waals surface area contributed by atoms with Crippen LogP contribution in [-0.4, -0.2) is 59.8 Å². The molecule has 1 unspecified atom stereocenters. The predicted molar refractivity (Wildman–Crippen MR) is 82.8 cm³/mol. The number of anilines is 1.